The predicted molar refractivity (Wildman–Crippen MR) is 321 cm³/mol. The molecule has 0 rings (SSSR count). The monoisotopic (exact) mass is 1030 g/mol. The lowest BCUT2D eigenvalue weighted by Crippen LogP contribution is -2.53. The fourth-order valence-corrected chi connectivity index (χ4v) is 10.4. The highest BCUT2D eigenvalue weighted by Crippen LogP contribution is 2.19. The van der Waals surface area contributed by atoms with Gasteiger partial charge in [0, 0.05) is 0 Å². The van der Waals surface area contributed by atoms with Crippen molar-refractivity contribution in [2.24, 2.45) is 0 Å². The molecule has 0 saturated heterocycles. The first-order chi connectivity index (χ1) is 36.0. The molecule has 6 heteroatoms. The molecule has 0 fully saturated rings. The Labute approximate surface area is 456 Å². The predicted octanol–water partition coefficient (Wildman–Crippen LogP) is 19.9. The van der Waals surface area contributed by atoms with Crippen LogP contribution in [0.2, 0.25) is 0 Å². The Morgan fingerprint density at radius 3 is 0.863 bits per heavy atom. The highest BCUT2D eigenvalue weighted by molar-refractivity contribution is 5.80. The number of hydrogen-bond donors (Lipinski definition) is 5. The third-order valence-corrected chi connectivity index (χ3v) is 15.6. The van der Waals surface area contributed by atoms with E-state index in [2.05, 4.69) is 55.6 Å². The quantitative estimate of drug-likeness (QED) is 0.0308. The number of aliphatic hydroxyl groups excluding tert-OH is 4. The third kappa shape index (κ3) is 55.1. The van der Waals surface area contributed by atoms with Crippen molar-refractivity contribution in [2.45, 2.75) is 379 Å². The van der Waals surface area contributed by atoms with Crippen molar-refractivity contribution in [2.75, 3.05) is 6.61 Å². The summed E-state index contributed by atoms with van der Waals surface area (Å²) < 4.78 is 0. The molecule has 0 aromatic rings. The van der Waals surface area contributed by atoms with Gasteiger partial charge in [-0.05, 0) is 64.2 Å². The molecule has 0 aromatic heterocycles. The maximum Gasteiger partial charge on any atom is 0.249 e. The number of aliphatic hydroxyl groups is 4. The lowest BCUT2D eigenvalue weighted by molar-refractivity contribution is -0.132. The van der Waals surface area contributed by atoms with Crippen LogP contribution in [0.4, 0.5) is 0 Å². The molecular weight excluding hydrogens is 899 g/mol. The van der Waals surface area contributed by atoms with E-state index in [1.807, 2.05) is 0 Å². The Morgan fingerprint density at radius 2 is 0.575 bits per heavy atom. The van der Waals surface area contributed by atoms with E-state index in [1.54, 1.807) is 0 Å². The Balaban J connectivity index is 3.62. The van der Waals surface area contributed by atoms with Gasteiger partial charge in [-0.3, -0.25) is 4.79 Å². The fraction of sp³-hybridized carbons (Fsp3) is 0.896. The van der Waals surface area contributed by atoms with E-state index in [0.717, 1.165) is 51.4 Å². The van der Waals surface area contributed by atoms with Gasteiger partial charge < -0.3 is 25.7 Å². The number of unbranched alkanes of at least 4 members (excludes halogenated alkanes) is 46. The van der Waals surface area contributed by atoms with E-state index in [1.165, 1.54) is 270 Å². The highest BCUT2D eigenvalue weighted by Gasteiger charge is 2.28. The molecule has 0 aromatic carbocycles. The minimum Gasteiger partial charge on any atom is -0.394 e. The van der Waals surface area contributed by atoms with Crippen LogP contribution < -0.4 is 5.32 Å². The van der Waals surface area contributed by atoms with Crippen LogP contribution in [0, 0.1) is 0 Å². The van der Waals surface area contributed by atoms with E-state index in [4.69, 9.17) is 0 Å². The minimum atomic E-state index is -1.29. The average Bonchev–Trinajstić information content (AvgIpc) is 3.40. The Kier molecular flexibility index (Phi) is 60.1. The SMILES string of the molecule is CCCCCCCCCCCCCCCC/C=C/CC/C=C/CC/C=C/CCCC(O)C(O)C(CO)NC(=O)C(O)CCCCCCCCCCCCCCCCCCCCCCCCCCCCCCCC. The van der Waals surface area contributed by atoms with Gasteiger partial charge >= 0.3 is 0 Å². The zero-order chi connectivity index (χ0) is 53.0. The van der Waals surface area contributed by atoms with Crippen molar-refractivity contribution in [1.82, 2.24) is 5.32 Å². The van der Waals surface area contributed by atoms with Gasteiger partial charge in [0.1, 0.15) is 12.2 Å². The molecule has 5 N–H and O–H groups in total. The van der Waals surface area contributed by atoms with Gasteiger partial charge in [0.05, 0.1) is 18.8 Å². The van der Waals surface area contributed by atoms with E-state index >= 15 is 0 Å². The number of rotatable bonds is 61. The summed E-state index contributed by atoms with van der Waals surface area (Å²) in [6, 6.07) is -1.01. The zero-order valence-corrected chi connectivity index (χ0v) is 49.2. The van der Waals surface area contributed by atoms with Gasteiger partial charge in [0.15, 0.2) is 0 Å². The molecule has 6 nitrogen and oxygen atoms in total. The van der Waals surface area contributed by atoms with E-state index in [-0.39, 0.29) is 0 Å². The van der Waals surface area contributed by atoms with Crippen molar-refractivity contribution < 1.29 is 25.2 Å². The molecule has 4 atom stereocenters. The molecule has 0 radical (unpaired) electrons. The van der Waals surface area contributed by atoms with Gasteiger partial charge in [-0.2, -0.15) is 0 Å². The summed E-state index contributed by atoms with van der Waals surface area (Å²) in [6.07, 6.45) is 78.3. The second-order valence-electron chi connectivity index (χ2n) is 22.8. The van der Waals surface area contributed by atoms with Crippen LogP contribution in [-0.2, 0) is 4.79 Å². The molecule has 1 amide bonds. The molecule has 73 heavy (non-hydrogen) atoms. The molecular formula is C67H129NO5. The van der Waals surface area contributed by atoms with Gasteiger partial charge in [-0.15, -0.1) is 0 Å². The van der Waals surface area contributed by atoms with E-state index in [9.17, 15) is 25.2 Å². The Bertz CT molecular complexity index is 1150. The first-order valence-electron chi connectivity index (χ1n) is 32.9. The maximum atomic E-state index is 12.6. The second kappa shape index (κ2) is 61.4. The van der Waals surface area contributed by atoms with Crippen LogP contribution in [0.25, 0.3) is 0 Å². The largest absolute Gasteiger partial charge is 0.394 e. The van der Waals surface area contributed by atoms with Crippen LogP contribution in [0.5, 0.6) is 0 Å². The second-order valence-corrected chi connectivity index (χ2v) is 22.8. The molecule has 0 aliphatic rings. The first-order valence-corrected chi connectivity index (χ1v) is 32.9. The number of amides is 1. The van der Waals surface area contributed by atoms with Crippen molar-refractivity contribution >= 4 is 5.91 Å². The van der Waals surface area contributed by atoms with Crippen LogP contribution in [0.1, 0.15) is 354 Å². The van der Waals surface area contributed by atoms with Gasteiger partial charge in [-0.1, -0.05) is 326 Å². The summed E-state index contributed by atoms with van der Waals surface area (Å²) in [5.74, 6) is -0.593. The third-order valence-electron chi connectivity index (χ3n) is 15.6. The standard InChI is InChI=1S/C67H129NO5/c1-3-5-7-9-11-13-15-17-19-21-23-25-27-29-31-32-33-35-37-39-41-43-45-47-49-51-53-55-57-59-61-65(71)67(73)68-63(62-69)66(72)64(70)60-58-56-54-52-50-48-46-44-42-40-38-36-34-30-28-26-24-22-20-18-16-14-12-10-8-6-4-2/h36,38,44,46,52,54,63-66,69-72H,3-35,37,39-43,45,47-51,53,55-62H2,1-2H3,(H,68,73)/b38-36+,46-44+,54-52+. The first kappa shape index (κ1) is 71.5. The van der Waals surface area contributed by atoms with Gasteiger partial charge in [-0.25, -0.2) is 0 Å². The molecule has 0 aliphatic carbocycles. The molecule has 4 unspecified atom stereocenters. The number of carbonyl (C=O) groups excluding carboxylic acids is 1. The molecule has 0 bridgehead atoms. The maximum absolute atomic E-state index is 12.6. The lowest BCUT2D eigenvalue weighted by atomic mass is 10.00. The van der Waals surface area contributed by atoms with Crippen molar-refractivity contribution in [3.63, 3.8) is 0 Å². The van der Waals surface area contributed by atoms with Gasteiger partial charge in [0.2, 0.25) is 5.91 Å². The van der Waals surface area contributed by atoms with Crippen LogP contribution in [0.15, 0.2) is 36.5 Å². The molecule has 0 saturated carbocycles. The summed E-state index contributed by atoms with van der Waals surface area (Å²) in [7, 11) is 0. The molecule has 0 aliphatic heterocycles. The van der Waals surface area contributed by atoms with Crippen LogP contribution in [0.3, 0.4) is 0 Å². The van der Waals surface area contributed by atoms with Crippen molar-refractivity contribution in [3.05, 3.63) is 36.5 Å². The molecule has 0 heterocycles. The number of nitrogens with one attached hydrogen (secondary N) is 1. The fourth-order valence-electron chi connectivity index (χ4n) is 10.4. The van der Waals surface area contributed by atoms with Crippen molar-refractivity contribution in [1.29, 1.82) is 0 Å². The molecule has 432 valence electrons. The Morgan fingerprint density at radius 1 is 0.329 bits per heavy atom. The summed E-state index contributed by atoms with van der Waals surface area (Å²) in [4.78, 5) is 12.6. The zero-order valence-electron chi connectivity index (χ0n) is 49.2. The number of carbonyl (C=O) groups is 1. The van der Waals surface area contributed by atoms with Crippen LogP contribution >= 0.6 is 0 Å². The summed E-state index contributed by atoms with van der Waals surface area (Å²) in [5, 5.41) is 44.1. The summed E-state index contributed by atoms with van der Waals surface area (Å²) in [6.45, 7) is 4.09. The van der Waals surface area contributed by atoms with Crippen LogP contribution in [-0.4, -0.2) is 57.3 Å². The number of hydrogen-bond acceptors (Lipinski definition) is 5. The molecule has 0 spiro atoms. The number of allylic oxidation sites excluding steroid dienone is 6. The summed E-state index contributed by atoms with van der Waals surface area (Å²) in [5.41, 5.74) is 0. The minimum absolute atomic E-state index is 0.362. The van der Waals surface area contributed by atoms with E-state index < -0.39 is 36.9 Å². The van der Waals surface area contributed by atoms with E-state index in [0.29, 0.717) is 19.3 Å². The topological polar surface area (TPSA) is 110 Å². The highest BCUT2D eigenvalue weighted by atomic mass is 16.3. The Hall–Kier alpha value is -1.47. The van der Waals surface area contributed by atoms with Gasteiger partial charge in [0.25, 0.3) is 0 Å². The average molecular weight is 1030 g/mol. The lowest BCUT2D eigenvalue weighted by Gasteiger charge is -2.27. The summed E-state index contributed by atoms with van der Waals surface area (Å²) >= 11 is 0. The smallest absolute Gasteiger partial charge is 0.249 e. The normalized spacial score (nSPS) is 13.8. The van der Waals surface area contributed by atoms with Crippen molar-refractivity contribution in [3.8, 4) is 0 Å².